The van der Waals surface area contributed by atoms with E-state index < -0.39 is 5.97 Å². The Morgan fingerprint density at radius 2 is 1.44 bits per heavy atom. The van der Waals surface area contributed by atoms with Crippen molar-refractivity contribution in [2.45, 2.75) is 6.92 Å². The van der Waals surface area contributed by atoms with E-state index in [0.29, 0.717) is 0 Å². The maximum Gasteiger partial charge on any atom is 0.352 e. The highest BCUT2D eigenvalue weighted by Crippen LogP contribution is 2.35. The highest BCUT2D eigenvalue weighted by atomic mass is 16.4. The third kappa shape index (κ3) is 2.60. The molecule has 0 saturated heterocycles. The standard InChI is InChI=1S/C22H17NO2/c1-14-6-5-9-18-19(21(22(24)25)23-20(14)18)17-12-10-16(11-13-17)15-7-3-2-4-8-15/h2-13,23H,1H3,(H,24,25). The van der Waals surface area contributed by atoms with Crippen molar-refractivity contribution in [2.75, 3.05) is 0 Å². The van der Waals surface area contributed by atoms with Gasteiger partial charge in [0.25, 0.3) is 0 Å². The van der Waals surface area contributed by atoms with Gasteiger partial charge in [0.05, 0.1) is 0 Å². The summed E-state index contributed by atoms with van der Waals surface area (Å²) in [7, 11) is 0. The SMILES string of the molecule is Cc1cccc2c(-c3ccc(-c4ccccc4)cc3)c(C(=O)O)[nH]c12. The number of carboxylic acid groups (broad SMARTS) is 1. The Morgan fingerprint density at radius 3 is 2.12 bits per heavy atom. The summed E-state index contributed by atoms with van der Waals surface area (Å²) in [6, 6.07) is 24.1. The molecule has 0 bridgehead atoms. The fraction of sp³-hybridized carbons (Fsp3) is 0.0455. The molecule has 2 N–H and O–H groups in total. The van der Waals surface area contributed by atoms with E-state index in [4.69, 9.17) is 0 Å². The first-order valence-corrected chi connectivity index (χ1v) is 8.15. The summed E-state index contributed by atoms with van der Waals surface area (Å²) in [5.74, 6) is -0.947. The van der Waals surface area contributed by atoms with Crippen molar-refractivity contribution in [3.05, 3.63) is 84.1 Å². The van der Waals surface area contributed by atoms with Crippen molar-refractivity contribution in [3.63, 3.8) is 0 Å². The third-order valence-corrected chi connectivity index (χ3v) is 4.54. The minimum atomic E-state index is -0.947. The van der Waals surface area contributed by atoms with Crippen molar-refractivity contribution in [1.82, 2.24) is 4.98 Å². The van der Waals surface area contributed by atoms with E-state index in [0.717, 1.165) is 38.7 Å². The number of nitrogens with one attached hydrogen (secondary N) is 1. The number of carboxylic acids is 1. The van der Waals surface area contributed by atoms with Crippen LogP contribution in [-0.2, 0) is 0 Å². The number of aromatic amines is 1. The fourth-order valence-electron chi connectivity index (χ4n) is 3.28. The first-order valence-electron chi connectivity index (χ1n) is 8.15. The second kappa shape index (κ2) is 5.95. The summed E-state index contributed by atoms with van der Waals surface area (Å²) in [6.07, 6.45) is 0. The lowest BCUT2D eigenvalue weighted by atomic mass is 9.97. The number of benzene rings is 3. The van der Waals surface area contributed by atoms with Gasteiger partial charge < -0.3 is 10.1 Å². The predicted octanol–water partition coefficient (Wildman–Crippen LogP) is 5.51. The Bertz CT molecular complexity index is 1060. The molecule has 4 rings (SSSR count). The van der Waals surface area contributed by atoms with E-state index >= 15 is 0 Å². The number of aromatic nitrogens is 1. The number of fused-ring (bicyclic) bond motifs is 1. The fourth-order valence-corrected chi connectivity index (χ4v) is 3.28. The molecular formula is C22H17NO2. The smallest absolute Gasteiger partial charge is 0.352 e. The number of hydrogen-bond acceptors (Lipinski definition) is 1. The van der Waals surface area contributed by atoms with E-state index in [2.05, 4.69) is 17.1 Å². The van der Waals surface area contributed by atoms with Gasteiger partial charge in [0.2, 0.25) is 0 Å². The van der Waals surface area contributed by atoms with Crippen molar-refractivity contribution >= 4 is 16.9 Å². The summed E-state index contributed by atoms with van der Waals surface area (Å²) in [5.41, 5.74) is 6.03. The topological polar surface area (TPSA) is 53.1 Å². The Labute approximate surface area is 145 Å². The lowest BCUT2D eigenvalue weighted by molar-refractivity contribution is 0.0692. The molecule has 122 valence electrons. The molecule has 1 heterocycles. The van der Waals surface area contributed by atoms with E-state index in [1.807, 2.05) is 67.6 Å². The van der Waals surface area contributed by atoms with Crippen molar-refractivity contribution in [3.8, 4) is 22.3 Å². The molecule has 0 atom stereocenters. The summed E-state index contributed by atoms with van der Waals surface area (Å²) in [6.45, 7) is 1.98. The zero-order chi connectivity index (χ0) is 17.4. The third-order valence-electron chi connectivity index (χ3n) is 4.54. The van der Waals surface area contributed by atoms with Crippen LogP contribution in [0.1, 0.15) is 16.1 Å². The molecule has 0 amide bonds. The zero-order valence-corrected chi connectivity index (χ0v) is 13.8. The van der Waals surface area contributed by atoms with Crippen molar-refractivity contribution < 1.29 is 9.90 Å². The van der Waals surface area contributed by atoms with Gasteiger partial charge in [0.1, 0.15) is 5.69 Å². The van der Waals surface area contributed by atoms with Crippen LogP contribution in [0.5, 0.6) is 0 Å². The Morgan fingerprint density at radius 1 is 0.800 bits per heavy atom. The van der Waals surface area contributed by atoms with Gasteiger partial charge in [0, 0.05) is 16.5 Å². The average Bonchev–Trinajstić information content (AvgIpc) is 3.04. The van der Waals surface area contributed by atoms with Gasteiger partial charge in [-0.3, -0.25) is 0 Å². The molecule has 0 unspecified atom stereocenters. The summed E-state index contributed by atoms with van der Waals surface area (Å²) in [5, 5.41) is 10.6. The van der Waals surface area contributed by atoms with Crippen LogP contribution in [0, 0.1) is 6.92 Å². The number of aryl methyl sites for hydroxylation is 1. The average molecular weight is 327 g/mol. The molecule has 3 aromatic carbocycles. The number of carbonyl (C=O) groups is 1. The molecule has 1 aromatic heterocycles. The van der Waals surface area contributed by atoms with Crippen LogP contribution in [0.25, 0.3) is 33.2 Å². The van der Waals surface area contributed by atoms with Crippen molar-refractivity contribution in [1.29, 1.82) is 0 Å². The summed E-state index contributed by atoms with van der Waals surface area (Å²) in [4.78, 5) is 14.8. The maximum absolute atomic E-state index is 11.7. The molecule has 0 aliphatic carbocycles. The quantitative estimate of drug-likeness (QED) is 0.521. The number of rotatable bonds is 3. The Kier molecular flexibility index (Phi) is 3.62. The normalized spacial score (nSPS) is 10.9. The van der Waals surface area contributed by atoms with Crippen LogP contribution in [-0.4, -0.2) is 16.1 Å². The van der Waals surface area contributed by atoms with Crippen LogP contribution in [0.2, 0.25) is 0 Å². The number of hydrogen-bond donors (Lipinski definition) is 2. The Hall–Kier alpha value is -3.33. The molecule has 25 heavy (non-hydrogen) atoms. The lowest BCUT2D eigenvalue weighted by Crippen LogP contribution is -1.98. The molecule has 0 aliphatic heterocycles. The summed E-state index contributed by atoms with van der Waals surface area (Å²) >= 11 is 0. The van der Waals surface area contributed by atoms with Crippen molar-refractivity contribution in [2.24, 2.45) is 0 Å². The van der Waals surface area contributed by atoms with E-state index in [9.17, 15) is 9.90 Å². The van der Waals surface area contributed by atoms with Crippen LogP contribution in [0.4, 0.5) is 0 Å². The number of aromatic carboxylic acids is 1. The van der Waals surface area contributed by atoms with Crippen LogP contribution >= 0.6 is 0 Å². The second-order valence-corrected chi connectivity index (χ2v) is 6.12. The molecule has 0 saturated carbocycles. The van der Waals surface area contributed by atoms with Gasteiger partial charge in [-0.1, -0.05) is 72.8 Å². The lowest BCUT2D eigenvalue weighted by Gasteiger charge is -2.06. The Balaban J connectivity index is 1.88. The van der Waals surface area contributed by atoms with Crippen LogP contribution in [0.3, 0.4) is 0 Å². The molecule has 0 radical (unpaired) electrons. The predicted molar refractivity (Wildman–Crippen MR) is 101 cm³/mol. The first kappa shape index (κ1) is 15.2. The molecule has 3 heteroatoms. The van der Waals surface area contributed by atoms with Gasteiger partial charge in [-0.05, 0) is 29.2 Å². The van der Waals surface area contributed by atoms with Gasteiger partial charge in [-0.25, -0.2) is 4.79 Å². The van der Waals surface area contributed by atoms with Gasteiger partial charge in [-0.15, -0.1) is 0 Å². The zero-order valence-electron chi connectivity index (χ0n) is 13.8. The molecule has 0 aliphatic rings. The number of para-hydroxylation sites is 1. The highest BCUT2D eigenvalue weighted by Gasteiger charge is 2.19. The second-order valence-electron chi connectivity index (χ2n) is 6.12. The molecule has 0 fully saturated rings. The van der Waals surface area contributed by atoms with E-state index in [1.54, 1.807) is 0 Å². The van der Waals surface area contributed by atoms with Gasteiger partial charge in [-0.2, -0.15) is 0 Å². The van der Waals surface area contributed by atoms with Crippen LogP contribution in [0.15, 0.2) is 72.8 Å². The van der Waals surface area contributed by atoms with E-state index in [1.165, 1.54) is 0 Å². The van der Waals surface area contributed by atoms with Gasteiger partial charge >= 0.3 is 5.97 Å². The molecule has 3 nitrogen and oxygen atoms in total. The van der Waals surface area contributed by atoms with Crippen LogP contribution < -0.4 is 0 Å². The largest absolute Gasteiger partial charge is 0.477 e. The molecule has 0 spiro atoms. The highest BCUT2D eigenvalue weighted by molar-refractivity contribution is 6.08. The minimum absolute atomic E-state index is 0.233. The van der Waals surface area contributed by atoms with E-state index in [-0.39, 0.29) is 5.69 Å². The summed E-state index contributed by atoms with van der Waals surface area (Å²) < 4.78 is 0. The molecule has 4 aromatic rings. The molecular weight excluding hydrogens is 310 g/mol. The van der Waals surface area contributed by atoms with Gasteiger partial charge in [0.15, 0.2) is 0 Å². The minimum Gasteiger partial charge on any atom is -0.477 e. The first-order chi connectivity index (χ1) is 12.1. The monoisotopic (exact) mass is 327 g/mol. The maximum atomic E-state index is 11.7. The number of H-pyrrole nitrogens is 1.